The Balaban J connectivity index is 2.33. The Kier molecular flexibility index (Phi) is 6.97. The van der Waals surface area contributed by atoms with E-state index in [-0.39, 0.29) is 28.9 Å². The van der Waals surface area contributed by atoms with Gasteiger partial charge in [-0.1, -0.05) is 18.2 Å². The van der Waals surface area contributed by atoms with E-state index in [0.717, 1.165) is 16.6 Å². The number of rotatable bonds is 7. The van der Waals surface area contributed by atoms with Gasteiger partial charge in [0.2, 0.25) is 15.9 Å². The quantitative estimate of drug-likeness (QED) is 0.719. The zero-order valence-corrected chi connectivity index (χ0v) is 17.5. The summed E-state index contributed by atoms with van der Waals surface area (Å²) in [6.45, 7) is 5.01. The van der Waals surface area contributed by atoms with Crippen molar-refractivity contribution in [3.8, 4) is 0 Å². The summed E-state index contributed by atoms with van der Waals surface area (Å²) in [5.74, 6) is -1.66. The largest absolute Gasteiger partial charge is 0.350 e. The van der Waals surface area contributed by atoms with Gasteiger partial charge < -0.3 is 10.6 Å². The minimum atomic E-state index is -3.89. The normalized spacial score (nSPS) is 12.3. The highest BCUT2D eigenvalue weighted by molar-refractivity contribution is 7.92. The maximum Gasteiger partial charge on any atom is 0.253 e. The number of anilines is 2. The lowest BCUT2D eigenvalue weighted by Crippen LogP contribution is -2.45. The first kappa shape index (κ1) is 22.4. The zero-order valence-electron chi connectivity index (χ0n) is 16.6. The summed E-state index contributed by atoms with van der Waals surface area (Å²) < 4.78 is 39.0. The van der Waals surface area contributed by atoms with Crippen molar-refractivity contribution in [2.75, 3.05) is 15.9 Å². The van der Waals surface area contributed by atoms with Crippen molar-refractivity contribution in [1.29, 1.82) is 0 Å². The molecule has 0 fully saturated rings. The number of nitrogens with one attached hydrogen (secondary N) is 2. The van der Waals surface area contributed by atoms with E-state index in [2.05, 4.69) is 10.6 Å². The maximum absolute atomic E-state index is 13.6. The highest BCUT2D eigenvalue weighted by Gasteiger charge is 2.30. The third kappa shape index (κ3) is 5.77. The van der Waals surface area contributed by atoms with Crippen LogP contribution < -0.4 is 14.9 Å². The minimum absolute atomic E-state index is 0.0287. The molecule has 156 valence electrons. The molecule has 0 spiro atoms. The molecular formula is C20H24FN3O4S. The molecule has 2 aromatic carbocycles. The SMILES string of the molecule is CC(C)NC(=O)c1ccccc1NC(=O)[C@@H](C)N(c1cccc(F)c1)S(C)(=O)=O. The monoisotopic (exact) mass is 421 g/mol. The molecule has 0 heterocycles. The van der Waals surface area contributed by atoms with Gasteiger partial charge in [0.1, 0.15) is 11.9 Å². The third-order valence-corrected chi connectivity index (χ3v) is 5.24. The Hall–Kier alpha value is -2.94. The molecule has 0 aliphatic carbocycles. The summed E-state index contributed by atoms with van der Waals surface area (Å²) in [5, 5.41) is 5.34. The van der Waals surface area contributed by atoms with Crippen LogP contribution in [0.5, 0.6) is 0 Å². The molecule has 2 N–H and O–H groups in total. The molecule has 0 aliphatic rings. The van der Waals surface area contributed by atoms with Crippen molar-refractivity contribution in [3.05, 3.63) is 59.9 Å². The fourth-order valence-electron chi connectivity index (χ4n) is 2.79. The van der Waals surface area contributed by atoms with Gasteiger partial charge in [0.05, 0.1) is 23.2 Å². The smallest absolute Gasteiger partial charge is 0.253 e. The van der Waals surface area contributed by atoms with Crippen LogP contribution in [0.25, 0.3) is 0 Å². The zero-order chi connectivity index (χ0) is 21.8. The number of nitrogens with zero attached hydrogens (tertiary/aromatic N) is 1. The van der Waals surface area contributed by atoms with Gasteiger partial charge in [-0.25, -0.2) is 12.8 Å². The highest BCUT2D eigenvalue weighted by atomic mass is 32.2. The lowest BCUT2D eigenvalue weighted by molar-refractivity contribution is -0.116. The number of benzene rings is 2. The lowest BCUT2D eigenvalue weighted by atomic mass is 10.1. The van der Waals surface area contributed by atoms with E-state index < -0.39 is 27.8 Å². The number of amides is 2. The van der Waals surface area contributed by atoms with Crippen LogP contribution in [-0.2, 0) is 14.8 Å². The average molecular weight is 421 g/mol. The molecule has 1 atom stereocenters. The van der Waals surface area contributed by atoms with Gasteiger partial charge in [0.15, 0.2) is 0 Å². The molecular weight excluding hydrogens is 397 g/mol. The summed E-state index contributed by atoms with van der Waals surface area (Å²) in [6.07, 6.45) is 0.936. The topological polar surface area (TPSA) is 95.6 Å². The summed E-state index contributed by atoms with van der Waals surface area (Å²) in [7, 11) is -3.89. The predicted molar refractivity (Wildman–Crippen MR) is 111 cm³/mol. The van der Waals surface area contributed by atoms with Crippen LogP contribution in [0.2, 0.25) is 0 Å². The first-order valence-electron chi connectivity index (χ1n) is 8.96. The van der Waals surface area contributed by atoms with E-state index in [1.165, 1.54) is 25.1 Å². The molecule has 2 amide bonds. The van der Waals surface area contributed by atoms with Gasteiger partial charge in [0, 0.05) is 6.04 Å². The number of halogens is 1. The van der Waals surface area contributed by atoms with E-state index in [1.807, 2.05) is 13.8 Å². The Morgan fingerprint density at radius 2 is 1.69 bits per heavy atom. The van der Waals surface area contributed by atoms with E-state index in [1.54, 1.807) is 24.3 Å². The molecule has 0 radical (unpaired) electrons. The molecule has 7 nitrogen and oxygen atoms in total. The van der Waals surface area contributed by atoms with Gasteiger partial charge in [-0.05, 0) is 51.1 Å². The number of sulfonamides is 1. The molecule has 9 heteroatoms. The summed E-state index contributed by atoms with van der Waals surface area (Å²) in [4.78, 5) is 25.2. The van der Waals surface area contributed by atoms with Crippen LogP contribution in [-0.4, -0.2) is 38.6 Å². The van der Waals surface area contributed by atoms with Gasteiger partial charge in [-0.15, -0.1) is 0 Å². The van der Waals surface area contributed by atoms with Crippen molar-refractivity contribution in [3.63, 3.8) is 0 Å². The summed E-state index contributed by atoms with van der Waals surface area (Å²) >= 11 is 0. The average Bonchev–Trinajstić information content (AvgIpc) is 2.60. The van der Waals surface area contributed by atoms with Crippen molar-refractivity contribution in [2.24, 2.45) is 0 Å². The van der Waals surface area contributed by atoms with Crippen LogP contribution in [0.15, 0.2) is 48.5 Å². The fourth-order valence-corrected chi connectivity index (χ4v) is 3.96. The van der Waals surface area contributed by atoms with Crippen LogP contribution in [0.1, 0.15) is 31.1 Å². The molecule has 0 saturated carbocycles. The van der Waals surface area contributed by atoms with Crippen molar-refractivity contribution in [2.45, 2.75) is 32.9 Å². The number of carbonyl (C=O) groups is 2. The second-order valence-electron chi connectivity index (χ2n) is 6.88. The van der Waals surface area contributed by atoms with E-state index >= 15 is 0 Å². The molecule has 0 aliphatic heterocycles. The number of hydrogen-bond donors (Lipinski definition) is 2. The van der Waals surface area contributed by atoms with E-state index in [4.69, 9.17) is 0 Å². The first-order chi connectivity index (χ1) is 13.5. The van der Waals surface area contributed by atoms with Crippen molar-refractivity contribution < 1.29 is 22.4 Å². The first-order valence-corrected chi connectivity index (χ1v) is 10.8. The molecule has 2 rings (SSSR count). The number of hydrogen-bond acceptors (Lipinski definition) is 4. The van der Waals surface area contributed by atoms with Gasteiger partial charge in [0.25, 0.3) is 5.91 Å². The molecule has 0 unspecified atom stereocenters. The highest BCUT2D eigenvalue weighted by Crippen LogP contribution is 2.23. The van der Waals surface area contributed by atoms with Gasteiger partial charge >= 0.3 is 0 Å². The van der Waals surface area contributed by atoms with Crippen molar-refractivity contribution in [1.82, 2.24) is 5.32 Å². The second-order valence-corrected chi connectivity index (χ2v) is 8.74. The summed E-state index contributed by atoms with van der Waals surface area (Å²) in [5.41, 5.74) is 0.523. The van der Waals surface area contributed by atoms with Crippen molar-refractivity contribution >= 4 is 33.2 Å². The molecule has 0 bridgehead atoms. The van der Waals surface area contributed by atoms with E-state index in [0.29, 0.717) is 0 Å². The number of carbonyl (C=O) groups excluding carboxylic acids is 2. The standard InChI is InChI=1S/C20H24FN3O4S/c1-13(2)22-20(26)17-10-5-6-11-18(17)23-19(25)14(3)24(29(4,27)28)16-9-7-8-15(21)12-16/h5-14H,1-4H3,(H,22,26)(H,23,25)/t14-/m1/s1. The van der Waals surface area contributed by atoms with Crippen LogP contribution >= 0.6 is 0 Å². The molecule has 2 aromatic rings. The molecule has 29 heavy (non-hydrogen) atoms. The molecule has 0 saturated heterocycles. The molecule has 0 aromatic heterocycles. The van der Waals surface area contributed by atoms with Gasteiger partial charge in [-0.2, -0.15) is 0 Å². The lowest BCUT2D eigenvalue weighted by Gasteiger charge is -2.28. The van der Waals surface area contributed by atoms with E-state index in [9.17, 15) is 22.4 Å². The number of para-hydroxylation sites is 1. The van der Waals surface area contributed by atoms with Gasteiger partial charge in [-0.3, -0.25) is 13.9 Å². The Morgan fingerprint density at radius 3 is 2.28 bits per heavy atom. The van der Waals surface area contributed by atoms with Crippen LogP contribution in [0, 0.1) is 5.82 Å². The fraction of sp³-hybridized carbons (Fsp3) is 0.300. The minimum Gasteiger partial charge on any atom is -0.350 e. The summed E-state index contributed by atoms with van der Waals surface area (Å²) in [6, 6.07) is 10.1. The van der Waals surface area contributed by atoms with Crippen LogP contribution in [0.4, 0.5) is 15.8 Å². The Morgan fingerprint density at radius 1 is 1.03 bits per heavy atom. The van der Waals surface area contributed by atoms with Crippen LogP contribution in [0.3, 0.4) is 0 Å². The Labute approximate surface area is 170 Å². The second kappa shape index (κ2) is 9.04. The maximum atomic E-state index is 13.6. The Bertz CT molecular complexity index is 1010. The third-order valence-electron chi connectivity index (χ3n) is 4.00. The predicted octanol–water partition coefficient (Wildman–Crippen LogP) is 2.76.